The highest BCUT2D eigenvalue weighted by Gasteiger charge is 2.12. The van der Waals surface area contributed by atoms with Crippen molar-refractivity contribution in [1.29, 1.82) is 0 Å². The van der Waals surface area contributed by atoms with Crippen molar-refractivity contribution in [3.8, 4) is 5.75 Å². The normalized spacial score (nSPS) is 10.3. The smallest absolute Gasteiger partial charge is 0.256 e. The molecule has 0 radical (unpaired) electrons. The Morgan fingerprint density at radius 2 is 1.96 bits per heavy atom. The summed E-state index contributed by atoms with van der Waals surface area (Å²) in [4.78, 5) is 12.5. The van der Waals surface area contributed by atoms with E-state index in [2.05, 4.69) is 5.32 Å². The molecule has 0 heterocycles. The number of amides is 1. The Labute approximate surface area is 136 Å². The Morgan fingerprint density at radius 1 is 1.17 bits per heavy atom. The van der Waals surface area contributed by atoms with Crippen molar-refractivity contribution in [2.24, 2.45) is 0 Å². The summed E-state index contributed by atoms with van der Waals surface area (Å²) in [7, 11) is 1.65. The molecule has 122 valence electrons. The Hall–Kier alpha value is -2.53. The first kappa shape index (κ1) is 16.8. The summed E-state index contributed by atoms with van der Waals surface area (Å²) >= 11 is 0. The molecule has 2 aromatic carbocycles. The summed E-state index contributed by atoms with van der Waals surface area (Å²) < 4.78 is 10.7. The van der Waals surface area contributed by atoms with Gasteiger partial charge < -0.3 is 20.5 Å². The van der Waals surface area contributed by atoms with E-state index in [0.29, 0.717) is 35.9 Å². The lowest BCUT2D eigenvalue weighted by Crippen LogP contribution is -2.15. The Morgan fingerprint density at radius 3 is 2.74 bits per heavy atom. The van der Waals surface area contributed by atoms with Crippen molar-refractivity contribution in [1.82, 2.24) is 0 Å². The van der Waals surface area contributed by atoms with Crippen LogP contribution < -0.4 is 15.8 Å². The third kappa shape index (κ3) is 4.72. The topological polar surface area (TPSA) is 73.6 Å². The summed E-state index contributed by atoms with van der Waals surface area (Å²) in [5.41, 5.74) is 8.39. The fourth-order valence-corrected chi connectivity index (χ4v) is 2.16. The van der Waals surface area contributed by atoms with E-state index in [1.54, 1.807) is 19.2 Å². The zero-order valence-electron chi connectivity index (χ0n) is 13.5. The van der Waals surface area contributed by atoms with Crippen LogP contribution in [0.25, 0.3) is 0 Å². The van der Waals surface area contributed by atoms with Crippen LogP contribution in [0.15, 0.2) is 42.5 Å². The van der Waals surface area contributed by atoms with Gasteiger partial charge >= 0.3 is 0 Å². The molecule has 0 saturated heterocycles. The number of methoxy groups -OCH3 is 1. The number of nitrogens with one attached hydrogen (secondary N) is 1. The maximum atomic E-state index is 12.5. The highest BCUT2D eigenvalue weighted by atomic mass is 16.5. The van der Waals surface area contributed by atoms with E-state index in [1.165, 1.54) is 0 Å². The predicted octanol–water partition coefficient (Wildman–Crippen LogP) is 3.24. The van der Waals surface area contributed by atoms with Crippen LogP contribution in [0.5, 0.6) is 5.75 Å². The second-order valence-corrected chi connectivity index (χ2v) is 5.22. The number of hydrogen-bond acceptors (Lipinski definition) is 4. The number of para-hydroxylation sites is 2. The monoisotopic (exact) mass is 314 g/mol. The minimum Gasteiger partial charge on any atom is -0.491 e. The zero-order valence-corrected chi connectivity index (χ0v) is 13.5. The van der Waals surface area contributed by atoms with Crippen molar-refractivity contribution in [3.05, 3.63) is 53.6 Å². The molecule has 5 heteroatoms. The van der Waals surface area contributed by atoms with Crippen molar-refractivity contribution < 1.29 is 14.3 Å². The molecule has 0 aromatic heterocycles. The number of rotatable bonds is 7. The minimum absolute atomic E-state index is 0.206. The molecule has 5 nitrogen and oxygen atoms in total. The maximum Gasteiger partial charge on any atom is 0.256 e. The molecule has 0 unspecified atom stereocenters. The second-order valence-electron chi connectivity index (χ2n) is 5.22. The molecule has 0 bridgehead atoms. The molecule has 1 amide bonds. The van der Waals surface area contributed by atoms with Crippen LogP contribution in [-0.2, 0) is 4.74 Å². The predicted molar refractivity (Wildman–Crippen MR) is 92.0 cm³/mol. The van der Waals surface area contributed by atoms with Crippen molar-refractivity contribution >= 4 is 17.3 Å². The van der Waals surface area contributed by atoms with Gasteiger partial charge in [-0.15, -0.1) is 0 Å². The van der Waals surface area contributed by atoms with Gasteiger partial charge in [0.1, 0.15) is 5.75 Å². The van der Waals surface area contributed by atoms with Gasteiger partial charge in [0.2, 0.25) is 0 Å². The third-order valence-electron chi connectivity index (χ3n) is 3.39. The van der Waals surface area contributed by atoms with Crippen molar-refractivity contribution in [2.75, 3.05) is 31.4 Å². The van der Waals surface area contributed by atoms with Crippen molar-refractivity contribution in [3.63, 3.8) is 0 Å². The molecule has 0 spiro atoms. The maximum absolute atomic E-state index is 12.5. The van der Waals surface area contributed by atoms with E-state index in [4.69, 9.17) is 15.2 Å². The van der Waals surface area contributed by atoms with E-state index in [-0.39, 0.29) is 5.91 Å². The minimum atomic E-state index is -0.206. The number of hydrogen-bond donors (Lipinski definition) is 2. The number of carbonyl (C=O) groups is 1. The Bertz CT molecular complexity index is 671. The molecular formula is C18H22N2O3. The zero-order chi connectivity index (χ0) is 16.7. The summed E-state index contributed by atoms with van der Waals surface area (Å²) in [5, 5.41) is 2.89. The van der Waals surface area contributed by atoms with Crippen LogP contribution in [-0.4, -0.2) is 26.2 Å². The number of anilines is 2. The molecule has 0 aliphatic carbocycles. The average molecular weight is 314 g/mol. The van der Waals surface area contributed by atoms with E-state index in [1.807, 2.05) is 37.3 Å². The van der Waals surface area contributed by atoms with Gasteiger partial charge in [-0.05, 0) is 36.8 Å². The van der Waals surface area contributed by atoms with Gasteiger partial charge in [-0.1, -0.05) is 18.2 Å². The third-order valence-corrected chi connectivity index (χ3v) is 3.39. The second kappa shape index (κ2) is 8.19. The van der Waals surface area contributed by atoms with Gasteiger partial charge in [0.05, 0.1) is 12.3 Å². The molecule has 3 N–H and O–H groups in total. The average Bonchev–Trinajstić information content (AvgIpc) is 2.55. The van der Waals surface area contributed by atoms with Gasteiger partial charge in [-0.2, -0.15) is 0 Å². The summed E-state index contributed by atoms with van der Waals surface area (Å²) in [6, 6.07) is 12.6. The fourth-order valence-electron chi connectivity index (χ4n) is 2.16. The lowest BCUT2D eigenvalue weighted by molar-refractivity contribution is 0.102. The van der Waals surface area contributed by atoms with Crippen LogP contribution in [0.3, 0.4) is 0 Å². The summed E-state index contributed by atoms with van der Waals surface area (Å²) in [6.45, 7) is 3.04. The largest absolute Gasteiger partial charge is 0.491 e. The van der Waals surface area contributed by atoms with Gasteiger partial charge in [0, 0.05) is 31.4 Å². The summed E-state index contributed by atoms with van der Waals surface area (Å²) in [5.74, 6) is 0.432. The lowest BCUT2D eigenvalue weighted by atomic mass is 10.1. The number of nitrogens with two attached hydrogens (primary N) is 1. The lowest BCUT2D eigenvalue weighted by Gasteiger charge is -2.13. The molecule has 2 aromatic rings. The molecule has 0 aliphatic rings. The highest BCUT2D eigenvalue weighted by Crippen LogP contribution is 2.25. The number of ether oxygens (including phenoxy) is 2. The van der Waals surface area contributed by atoms with Crippen LogP contribution >= 0.6 is 0 Å². The van der Waals surface area contributed by atoms with E-state index in [9.17, 15) is 4.79 Å². The van der Waals surface area contributed by atoms with Gasteiger partial charge in [-0.25, -0.2) is 0 Å². The van der Waals surface area contributed by atoms with Gasteiger partial charge in [0.15, 0.2) is 0 Å². The van der Waals surface area contributed by atoms with Gasteiger partial charge in [0.25, 0.3) is 5.91 Å². The number of aryl methyl sites for hydroxylation is 1. The number of carbonyl (C=O) groups excluding carboxylic acids is 1. The van der Waals surface area contributed by atoms with Crippen LogP contribution in [0.4, 0.5) is 11.4 Å². The fraction of sp³-hybridized carbons (Fsp3) is 0.278. The first-order valence-corrected chi connectivity index (χ1v) is 7.50. The van der Waals surface area contributed by atoms with Crippen LogP contribution in [0.2, 0.25) is 0 Å². The first-order valence-electron chi connectivity index (χ1n) is 7.50. The molecule has 2 rings (SSSR count). The highest BCUT2D eigenvalue weighted by molar-refractivity contribution is 6.06. The standard InChI is InChI=1S/C18H22N2O3/c1-13-8-9-14(19)12-15(13)18(21)20-16-6-3-4-7-17(16)23-11-5-10-22-2/h3-4,6-9,12H,5,10-11,19H2,1-2H3,(H,20,21). The molecular weight excluding hydrogens is 292 g/mol. The molecule has 0 aliphatic heterocycles. The van der Waals surface area contributed by atoms with E-state index in [0.717, 1.165) is 12.0 Å². The molecule has 0 saturated carbocycles. The Balaban J connectivity index is 2.10. The SMILES string of the molecule is COCCCOc1ccccc1NC(=O)c1cc(N)ccc1C. The van der Waals surface area contributed by atoms with E-state index >= 15 is 0 Å². The first-order chi connectivity index (χ1) is 11.1. The van der Waals surface area contributed by atoms with Gasteiger partial charge in [-0.3, -0.25) is 4.79 Å². The molecule has 0 fully saturated rings. The number of benzene rings is 2. The van der Waals surface area contributed by atoms with Crippen LogP contribution in [0.1, 0.15) is 22.3 Å². The number of nitrogen functional groups attached to an aromatic ring is 1. The van der Waals surface area contributed by atoms with Crippen molar-refractivity contribution in [2.45, 2.75) is 13.3 Å². The quantitative estimate of drug-likeness (QED) is 0.608. The van der Waals surface area contributed by atoms with E-state index < -0.39 is 0 Å². The summed E-state index contributed by atoms with van der Waals surface area (Å²) in [6.07, 6.45) is 0.785. The Kier molecular flexibility index (Phi) is 6.00. The van der Waals surface area contributed by atoms with Crippen LogP contribution in [0, 0.1) is 6.92 Å². The molecule has 23 heavy (non-hydrogen) atoms. The molecule has 0 atom stereocenters.